The molecule has 1 atom stereocenters. The van der Waals surface area contributed by atoms with Crippen LogP contribution in [0.25, 0.3) is 0 Å². The number of phenolic OH excluding ortho intramolecular Hbond substituents is 1. The first-order valence-electron chi connectivity index (χ1n) is 7.30. The van der Waals surface area contributed by atoms with E-state index in [9.17, 15) is 20.0 Å². The smallest absolute Gasteiger partial charge is 0.338 e. The summed E-state index contributed by atoms with van der Waals surface area (Å²) < 4.78 is 10.1. The maximum Gasteiger partial charge on any atom is 0.338 e. The fourth-order valence-electron chi connectivity index (χ4n) is 2.50. The van der Waals surface area contributed by atoms with Crippen molar-refractivity contribution in [3.05, 3.63) is 39.1 Å². The van der Waals surface area contributed by atoms with E-state index >= 15 is 0 Å². The van der Waals surface area contributed by atoms with Crippen LogP contribution in [0.5, 0.6) is 11.5 Å². The number of hydrogen-bond acceptors (Lipinski definition) is 7. The van der Waals surface area contributed by atoms with E-state index in [2.05, 4.69) is 10.6 Å². The molecular weight excluding hydrogens is 350 g/mol. The van der Waals surface area contributed by atoms with E-state index in [0.29, 0.717) is 11.3 Å². The van der Waals surface area contributed by atoms with Crippen LogP contribution in [-0.4, -0.2) is 34.8 Å². The van der Waals surface area contributed by atoms with E-state index in [-0.39, 0.29) is 23.0 Å². The maximum atomic E-state index is 12.3. The minimum absolute atomic E-state index is 0.0867. The summed E-state index contributed by atoms with van der Waals surface area (Å²) in [7, 11) is 1.27. The normalized spacial score (nSPS) is 16.8. The number of allylic oxidation sites excluding steroid dienone is 1. The van der Waals surface area contributed by atoms with Crippen molar-refractivity contribution in [1.82, 2.24) is 10.6 Å². The van der Waals surface area contributed by atoms with E-state index in [1.165, 1.54) is 13.2 Å². The van der Waals surface area contributed by atoms with Gasteiger partial charge in [0.05, 0.1) is 30.3 Å². The zero-order chi connectivity index (χ0) is 18.7. The number of esters is 1. The topological polar surface area (TPSA) is 123 Å². The predicted octanol–water partition coefficient (Wildman–Crippen LogP) is 1.66. The number of nitrogens with one attached hydrogen (secondary N) is 2. The number of phenols is 1. The van der Waals surface area contributed by atoms with Crippen LogP contribution in [-0.2, 0) is 9.53 Å². The molecule has 1 aliphatic rings. The lowest BCUT2D eigenvalue weighted by atomic mass is 9.95. The van der Waals surface area contributed by atoms with Crippen molar-refractivity contribution < 1.29 is 24.3 Å². The molecule has 0 bridgehead atoms. The molecule has 0 radical (unpaired) electrons. The Morgan fingerprint density at radius 1 is 1.48 bits per heavy atom. The number of thiocarbonyl (C=S) groups is 1. The van der Waals surface area contributed by atoms with Crippen LogP contribution >= 0.6 is 12.2 Å². The number of rotatable bonds is 5. The summed E-state index contributed by atoms with van der Waals surface area (Å²) in [5.41, 5.74) is 0.494. The second-order valence-electron chi connectivity index (χ2n) is 5.14. The first kappa shape index (κ1) is 18.5. The Kier molecular flexibility index (Phi) is 5.42. The van der Waals surface area contributed by atoms with Gasteiger partial charge in [-0.2, -0.15) is 0 Å². The first-order valence-corrected chi connectivity index (χ1v) is 7.71. The van der Waals surface area contributed by atoms with Gasteiger partial charge >= 0.3 is 11.7 Å². The van der Waals surface area contributed by atoms with Gasteiger partial charge in [0, 0.05) is 11.8 Å². The van der Waals surface area contributed by atoms with Gasteiger partial charge in [-0.05, 0) is 37.7 Å². The average Bonchev–Trinajstić information content (AvgIpc) is 2.54. The van der Waals surface area contributed by atoms with Crippen molar-refractivity contribution in [2.45, 2.75) is 19.9 Å². The molecule has 3 N–H and O–H groups in total. The quantitative estimate of drug-likeness (QED) is 0.308. The number of methoxy groups -OCH3 is 1. The van der Waals surface area contributed by atoms with Gasteiger partial charge in [0.1, 0.15) is 0 Å². The third-order valence-electron chi connectivity index (χ3n) is 3.59. The van der Waals surface area contributed by atoms with Crippen molar-refractivity contribution in [1.29, 1.82) is 0 Å². The monoisotopic (exact) mass is 367 g/mol. The Hall–Kier alpha value is -2.88. The van der Waals surface area contributed by atoms with E-state index in [1.807, 2.05) is 0 Å². The predicted molar refractivity (Wildman–Crippen MR) is 92.3 cm³/mol. The SMILES string of the molecule is CCOC(=O)C1=C(C)NC(=S)NC1c1cc(OC)c(O)c([N+](=O)[O-])c1. The molecular formula is C15H17N3O6S. The van der Waals surface area contributed by atoms with Crippen LogP contribution in [0.3, 0.4) is 0 Å². The van der Waals surface area contributed by atoms with E-state index in [4.69, 9.17) is 21.7 Å². The molecule has 1 unspecified atom stereocenters. The summed E-state index contributed by atoms with van der Waals surface area (Å²) >= 11 is 5.11. The van der Waals surface area contributed by atoms with Gasteiger partial charge in [0.2, 0.25) is 5.75 Å². The fraction of sp³-hybridized carbons (Fsp3) is 0.333. The molecule has 0 saturated heterocycles. The van der Waals surface area contributed by atoms with Crippen LogP contribution < -0.4 is 15.4 Å². The highest BCUT2D eigenvalue weighted by atomic mass is 32.1. The second-order valence-corrected chi connectivity index (χ2v) is 5.55. The average molecular weight is 367 g/mol. The van der Waals surface area contributed by atoms with Crippen LogP contribution in [0.1, 0.15) is 25.5 Å². The minimum Gasteiger partial charge on any atom is -0.500 e. The molecule has 0 aromatic heterocycles. The van der Waals surface area contributed by atoms with Gasteiger partial charge < -0.3 is 25.2 Å². The molecule has 9 nitrogen and oxygen atoms in total. The van der Waals surface area contributed by atoms with Crippen molar-refractivity contribution in [3.63, 3.8) is 0 Å². The molecule has 134 valence electrons. The molecule has 0 aliphatic carbocycles. The highest BCUT2D eigenvalue weighted by molar-refractivity contribution is 7.80. The second kappa shape index (κ2) is 7.34. The van der Waals surface area contributed by atoms with E-state index in [1.54, 1.807) is 13.8 Å². The van der Waals surface area contributed by atoms with Crippen molar-refractivity contribution in [3.8, 4) is 11.5 Å². The Labute approximate surface area is 148 Å². The number of nitro groups is 1. The van der Waals surface area contributed by atoms with Crippen LogP contribution in [0, 0.1) is 10.1 Å². The molecule has 0 fully saturated rings. The van der Waals surface area contributed by atoms with Gasteiger partial charge in [-0.25, -0.2) is 4.79 Å². The molecule has 1 aromatic rings. The molecule has 10 heteroatoms. The lowest BCUT2D eigenvalue weighted by Gasteiger charge is -2.30. The number of carbonyl (C=O) groups is 1. The van der Waals surface area contributed by atoms with Gasteiger partial charge in [-0.3, -0.25) is 10.1 Å². The van der Waals surface area contributed by atoms with Gasteiger partial charge in [0.25, 0.3) is 0 Å². The molecule has 1 heterocycles. The number of aromatic hydroxyl groups is 1. The largest absolute Gasteiger partial charge is 0.500 e. The summed E-state index contributed by atoms with van der Waals surface area (Å²) in [4.78, 5) is 22.8. The standard InChI is InChI=1S/C15H17N3O6S/c1-4-24-14(20)11-7(2)16-15(25)17-12(11)8-5-9(18(21)22)13(19)10(6-8)23-3/h5-6,12,19H,4H2,1-3H3,(H2,16,17,25). The van der Waals surface area contributed by atoms with Crippen molar-refractivity contribution >= 4 is 29.0 Å². The van der Waals surface area contributed by atoms with Crippen molar-refractivity contribution in [2.24, 2.45) is 0 Å². The molecule has 0 spiro atoms. The van der Waals surface area contributed by atoms with Crippen LogP contribution in [0.15, 0.2) is 23.4 Å². The molecule has 1 aromatic carbocycles. The summed E-state index contributed by atoms with van der Waals surface area (Å²) in [5, 5.41) is 27.1. The first-order chi connectivity index (χ1) is 11.8. The number of nitro benzene ring substituents is 1. The molecule has 0 saturated carbocycles. The molecule has 25 heavy (non-hydrogen) atoms. The third-order valence-corrected chi connectivity index (χ3v) is 3.81. The molecule has 2 rings (SSSR count). The summed E-state index contributed by atoms with van der Waals surface area (Å²) in [5.74, 6) is -1.26. The highest BCUT2D eigenvalue weighted by Gasteiger charge is 2.33. The minimum atomic E-state index is -0.791. The van der Waals surface area contributed by atoms with Crippen molar-refractivity contribution in [2.75, 3.05) is 13.7 Å². The summed E-state index contributed by atoms with van der Waals surface area (Å²) in [6, 6.07) is 1.78. The van der Waals surface area contributed by atoms with Crippen LogP contribution in [0.4, 0.5) is 5.69 Å². The lowest BCUT2D eigenvalue weighted by Crippen LogP contribution is -2.45. The Bertz CT molecular complexity index is 777. The molecule has 1 aliphatic heterocycles. The Morgan fingerprint density at radius 2 is 2.16 bits per heavy atom. The zero-order valence-electron chi connectivity index (χ0n) is 13.8. The van der Waals surface area contributed by atoms with Gasteiger partial charge in [0.15, 0.2) is 10.9 Å². The third kappa shape index (κ3) is 3.63. The lowest BCUT2D eigenvalue weighted by molar-refractivity contribution is -0.386. The Balaban J connectivity index is 2.62. The number of benzene rings is 1. The molecule has 0 amide bonds. The van der Waals surface area contributed by atoms with E-state index < -0.39 is 28.4 Å². The van der Waals surface area contributed by atoms with E-state index in [0.717, 1.165) is 6.07 Å². The fourth-order valence-corrected chi connectivity index (χ4v) is 2.77. The van der Waals surface area contributed by atoms with Gasteiger partial charge in [-0.1, -0.05) is 0 Å². The number of ether oxygens (including phenoxy) is 2. The maximum absolute atomic E-state index is 12.3. The Morgan fingerprint density at radius 3 is 2.72 bits per heavy atom. The number of hydrogen-bond donors (Lipinski definition) is 3. The summed E-state index contributed by atoms with van der Waals surface area (Å²) in [6.45, 7) is 3.50. The number of carbonyl (C=O) groups excluding carboxylic acids is 1. The van der Waals surface area contributed by atoms with Crippen LogP contribution in [0.2, 0.25) is 0 Å². The highest BCUT2D eigenvalue weighted by Crippen LogP contribution is 2.40. The number of nitrogens with zero attached hydrogens (tertiary/aromatic N) is 1. The summed E-state index contributed by atoms with van der Waals surface area (Å²) in [6.07, 6.45) is 0. The van der Waals surface area contributed by atoms with Gasteiger partial charge in [-0.15, -0.1) is 0 Å². The zero-order valence-corrected chi connectivity index (χ0v) is 14.6.